The van der Waals surface area contributed by atoms with Crippen LogP contribution in [0.15, 0.2) is 11.4 Å². The predicted octanol–water partition coefficient (Wildman–Crippen LogP) is 0.235. The lowest BCUT2D eigenvalue weighted by molar-refractivity contribution is -0.126. The van der Waals surface area contributed by atoms with Crippen LogP contribution in [-0.2, 0) is 18.4 Å². The fraction of sp³-hybridized carbons (Fsp3) is 0.600. The van der Waals surface area contributed by atoms with Crippen LogP contribution in [0.4, 0.5) is 0 Å². The highest BCUT2D eigenvalue weighted by Crippen LogP contribution is 2.29. The van der Waals surface area contributed by atoms with Crippen LogP contribution in [0.5, 0.6) is 0 Å². The summed E-state index contributed by atoms with van der Waals surface area (Å²) in [5, 5.41) is 9.80. The minimum absolute atomic E-state index is 0.0252. The zero-order valence-corrected chi connectivity index (χ0v) is 10.2. The highest BCUT2D eigenvalue weighted by molar-refractivity contribution is 8.00. The number of carbonyl (C=O) groups is 1. The van der Waals surface area contributed by atoms with Crippen LogP contribution in [-0.4, -0.2) is 44.3 Å². The van der Waals surface area contributed by atoms with Crippen molar-refractivity contribution >= 4 is 17.7 Å². The number of amides is 1. The van der Waals surface area contributed by atoms with Crippen LogP contribution in [0.25, 0.3) is 0 Å². The Labute approximate surface area is 98.5 Å². The number of imidazole rings is 1. The molecule has 0 radical (unpaired) electrons. The van der Waals surface area contributed by atoms with Crippen LogP contribution in [0, 0.1) is 0 Å². The van der Waals surface area contributed by atoms with Gasteiger partial charge in [0.2, 0.25) is 5.91 Å². The van der Waals surface area contributed by atoms with Crippen LogP contribution in [0.3, 0.4) is 0 Å². The minimum Gasteiger partial charge on any atom is -0.390 e. The number of hydrogen-bond donors (Lipinski definition) is 1. The standard InChI is InChI=1S/C10H15N3O2S/c1-12-4-3-8(9(12)15)16-10-11-5-7(6-14)13(10)2/h5,8,14H,3-4,6H2,1-2H3. The largest absolute Gasteiger partial charge is 0.390 e. The summed E-state index contributed by atoms with van der Waals surface area (Å²) in [6.45, 7) is 0.788. The molecule has 2 rings (SSSR count). The second-order valence-corrected chi connectivity index (χ2v) is 5.07. The highest BCUT2D eigenvalue weighted by atomic mass is 32.2. The van der Waals surface area contributed by atoms with Gasteiger partial charge in [-0.15, -0.1) is 0 Å². The molecule has 0 bridgehead atoms. The van der Waals surface area contributed by atoms with E-state index in [1.165, 1.54) is 11.8 Å². The van der Waals surface area contributed by atoms with Gasteiger partial charge in [-0.1, -0.05) is 11.8 Å². The lowest BCUT2D eigenvalue weighted by Gasteiger charge is -2.10. The Bertz CT molecular complexity index is 405. The SMILES string of the molecule is CN1CCC(Sc2ncc(CO)n2C)C1=O. The minimum atomic E-state index is -0.0300. The van der Waals surface area contributed by atoms with E-state index in [4.69, 9.17) is 5.11 Å². The molecule has 1 amide bonds. The smallest absolute Gasteiger partial charge is 0.235 e. The monoisotopic (exact) mass is 241 g/mol. The molecule has 1 N–H and O–H groups in total. The zero-order chi connectivity index (χ0) is 11.7. The summed E-state index contributed by atoms with van der Waals surface area (Å²) in [5.74, 6) is 0.165. The summed E-state index contributed by atoms with van der Waals surface area (Å²) < 4.78 is 1.83. The molecule has 1 aromatic heterocycles. The predicted molar refractivity (Wildman–Crippen MR) is 61.0 cm³/mol. The molecule has 0 saturated carbocycles. The lowest BCUT2D eigenvalue weighted by atomic mass is 10.4. The van der Waals surface area contributed by atoms with Crippen molar-refractivity contribution < 1.29 is 9.90 Å². The topological polar surface area (TPSA) is 58.4 Å². The van der Waals surface area contributed by atoms with E-state index >= 15 is 0 Å². The molecule has 0 spiro atoms. The summed E-state index contributed by atoms with van der Waals surface area (Å²) in [6, 6.07) is 0. The maximum atomic E-state index is 11.7. The van der Waals surface area contributed by atoms with Crippen molar-refractivity contribution in [2.45, 2.75) is 23.4 Å². The lowest BCUT2D eigenvalue weighted by Crippen LogP contribution is -2.24. The molecule has 0 aromatic carbocycles. The molecular weight excluding hydrogens is 226 g/mol. The van der Waals surface area contributed by atoms with E-state index in [1.807, 2.05) is 18.7 Å². The van der Waals surface area contributed by atoms with Gasteiger partial charge >= 0.3 is 0 Å². The molecule has 1 aromatic rings. The number of aliphatic hydroxyl groups excluding tert-OH is 1. The molecule has 1 atom stereocenters. The van der Waals surface area contributed by atoms with Gasteiger partial charge in [0.25, 0.3) is 0 Å². The van der Waals surface area contributed by atoms with E-state index in [0.29, 0.717) is 0 Å². The average molecular weight is 241 g/mol. The maximum absolute atomic E-state index is 11.7. The van der Waals surface area contributed by atoms with Crippen LogP contribution in [0.1, 0.15) is 12.1 Å². The number of nitrogens with zero attached hydrogens (tertiary/aromatic N) is 3. The van der Waals surface area contributed by atoms with Crippen molar-refractivity contribution in [3.8, 4) is 0 Å². The van der Waals surface area contributed by atoms with E-state index in [9.17, 15) is 4.79 Å². The van der Waals surface area contributed by atoms with Crippen molar-refractivity contribution in [2.75, 3.05) is 13.6 Å². The Morgan fingerprint density at radius 2 is 2.38 bits per heavy atom. The third-order valence-electron chi connectivity index (χ3n) is 2.83. The zero-order valence-electron chi connectivity index (χ0n) is 9.38. The second-order valence-electron chi connectivity index (χ2n) is 3.90. The van der Waals surface area contributed by atoms with Gasteiger partial charge in [0.05, 0.1) is 23.7 Å². The van der Waals surface area contributed by atoms with Gasteiger partial charge < -0.3 is 14.6 Å². The molecule has 1 unspecified atom stereocenters. The summed E-state index contributed by atoms with van der Waals surface area (Å²) in [5.41, 5.74) is 0.765. The molecule has 6 heteroatoms. The second kappa shape index (κ2) is 4.47. The molecule has 1 aliphatic rings. The number of aromatic nitrogens is 2. The molecule has 88 valence electrons. The maximum Gasteiger partial charge on any atom is 0.235 e. The van der Waals surface area contributed by atoms with Crippen molar-refractivity contribution in [2.24, 2.45) is 7.05 Å². The fourth-order valence-corrected chi connectivity index (χ4v) is 2.86. The summed E-state index contributed by atoms with van der Waals surface area (Å²) in [6.07, 6.45) is 2.51. The number of rotatable bonds is 3. The van der Waals surface area contributed by atoms with Crippen molar-refractivity contribution in [1.29, 1.82) is 0 Å². The number of likely N-dealkylation sites (tertiary alicyclic amines) is 1. The Kier molecular flexibility index (Phi) is 3.20. The number of thioether (sulfide) groups is 1. The molecule has 2 heterocycles. The highest BCUT2D eigenvalue weighted by Gasteiger charge is 2.31. The number of carbonyl (C=O) groups excluding carboxylic acids is 1. The normalized spacial score (nSPS) is 20.8. The van der Waals surface area contributed by atoms with Crippen molar-refractivity contribution in [1.82, 2.24) is 14.5 Å². The van der Waals surface area contributed by atoms with Crippen molar-refractivity contribution in [3.63, 3.8) is 0 Å². The van der Waals surface area contributed by atoms with Gasteiger partial charge in [-0.2, -0.15) is 0 Å². The van der Waals surface area contributed by atoms with Crippen LogP contribution in [0.2, 0.25) is 0 Å². The average Bonchev–Trinajstić information content (AvgIpc) is 2.77. The van der Waals surface area contributed by atoms with Gasteiger partial charge in [0, 0.05) is 20.6 Å². The van der Waals surface area contributed by atoms with Gasteiger partial charge in [-0.05, 0) is 6.42 Å². The van der Waals surface area contributed by atoms with E-state index in [1.54, 1.807) is 11.1 Å². The van der Waals surface area contributed by atoms with Crippen LogP contribution < -0.4 is 0 Å². The molecule has 0 aliphatic carbocycles. The van der Waals surface area contributed by atoms with Gasteiger partial charge in [-0.3, -0.25) is 4.79 Å². The molecule has 1 aliphatic heterocycles. The molecular formula is C10H15N3O2S. The quantitative estimate of drug-likeness (QED) is 0.823. The molecule has 5 nitrogen and oxygen atoms in total. The Balaban J connectivity index is 2.09. The van der Waals surface area contributed by atoms with Crippen molar-refractivity contribution in [3.05, 3.63) is 11.9 Å². The summed E-state index contributed by atoms with van der Waals surface area (Å²) in [4.78, 5) is 17.7. The third-order valence-corrected chi connectivity index (χ3v) is 4.14. The first kappa shape index (κ1) is 11.5. The Morgan fingerprint density at radius 1 is 1.62 bits per heavy atom. The summed E-state index contributed by atoms with van der Waals surface area (Å²) >= 11 is 1.48. The fourth-order valence-electron chi connectivity index (χ4n) is 1.71. The Hall–Kier alpha value is -1.01. The third kappa shape index (κ3) is 1.94. The van der Waals surface area contributed by atoms with E-state index in [2.05, 4.69) is 4.98 Å². The number of hydrogen-bond acceptors (Lipinski definition) is 4. The van der Waals surface area contributed by atoms with Gasteiger partial charge in [0.15, 0.2) is 5.16 Å². The van der Waals surface area contributed by atoms with E-state index < -0.39 is 0 Å². The summed E-state index contributed by atoms with van der Waals surface area (Å²) in [7, 11) is 3.67. The van der Waals surface area contributed by atoms with Crippen LogP contribution >= 0.6 is 11.8 Å². The Morgan fingerprint density at radius 3 is 2.88 bits per heavy atom. The van der Waals surface area contributed by atoms with E-state index in [-0.39, 0.29) is 17.8 Å². The van der Waals surface area contributed by atoms with Gasteiger partial charge in [-0.25, -0.2) is 4.98 Å². The van der Waals surface area contributed by atoms with E-state index in [0.717, 1.165) is 23.8 Å². The number of aliphatic hydroxyl groups is 1. The molecule has 1 fully saturated rings. The first-order chi connectivity index (χ1) is 7.63. The molecule has 1 saturated heterocycles. The van der Waals surface area contributed by atoms with Gasteiger partial charge in [0.1, 0.15) is 0 Å². The molecule has 16 heavy (non-hydrogen) atoms. The first-order valence-electron chi connectivity index (χ1n) is 5.16. The first-order valence-corrected chi connectivity index (χ1v) is 6.04.